The maximum absolute atomic E-state index is 12.4. The Morgan fingerprint density at radius 3 is 2.48 bits per heavy atom. The molecule has 1 aromatic heterocycles. The lowest BCUT2D eigenvalue weighted by Gasteiger charge is -2.14. The van der Waals surface area contributed by atoms with Crippen molar-refractivity contribution in [2.75, 3.05) is 11.6 Å². The zero-order valence-electron chi connectivity index (χ0n) is 16.7. The van der Waals surface area contributed by atoms with Gasteiger partial charge in [0.1, 0.15) is 5.82 Å². The Hall–Kier alpha value is -3.13. The normalized spacial score (nSPS) is 11.7. The molecule has 0 aliphatic heterocycles. The smallest absolute Gasteiger partial charge is 0.338 e. The van der Waals surface area contributed by atoms with Gasteiger partial charge < -0.3 is 10.1 Å². The maximum Gasteiger partial charge on any atom is 0.338 e. The SMILES string of the molecule is CSc1nnc(C)n1-c1ccc(C(=O)OC(C)C(=O)Nc2cccc(C)c2)cc1. The van der Waals surface area contributed by atoms with E-state index in [9.17, 15) is 9.59 Å². The van der Waals surface area contributed by atoms with E-state index in [4.69, 9.17) is 4.74 Å². The van der Waals surface area contributed by atoms with Crippen LogP contribution in [-0.2, 0) is 9.53 Å². The Bertz CT molecular complexity index is 1030. The van der Waals surface area contributed by atoms with Crippen molar-refractivity contribution in [3.8, 4) is 5.69 Å². The number of rotatable bonds is 6. The maximum atomic E-state index is 12.4. The van der Waals surface area contributed by atoms with Crippen molar-refractivity contribution in [2.24, 2.45) is 0 Å². The fraction of sp³-hybridized carbons (Fsp3) is 0.238. The number of carbonyl (C=O) groups excluding carboxylic acids is 2. The van der Waals surface area contributed by atoms with E-state index in [0.29, 0.717) is 11.3 Å². The van der Waals surface area contributed by atoms with Crippen molar-refractivity contribution in [3.05, 3.63) is 65.5 Å². The Kier molecular flexibility index (Phi) is 6.33. The van der Waals surface area contributed by atoms with Gasteiger partial charge in [0, 0.05) is 11.4 Å². The number of nitrogens with zero attached hydrogens (tertiary/aromatic N) is 3. The van der Waals surface area contributed by atoms with Crippen LogP contribution in [0.15, 0.2) is 53.7 Å². The van der Waals surface area contributed by atoms with E-state index in [0.717, 1.165) is 22.2 Å². The second-order valence-corrected chi connectivity index (χ2v) is 7.30. The summed E-state index contributed by atoms with van der Waals surface area (Å²) in [5.41, 5.74) is 2.90. The molecule has 7 nitrogen and oxygen atoms in total. The molecule has 2 aromatic carbocycles. The second-order valence-electron chi connectivity index (χ2n) is 6.52. The molecule has 1 amide bonds. The number of hydrogen-bond acceptors (Lipinski definition) is 6. The lowest BCUT2D eigenvalue weighted by Crippen LogP contribution is -2.30. The van der Waals surface area contributed by atoms with Crippen molar-refractivity contribution in [1.82, 2.24) is 14.8 Å². The second kappa shape index (κ2) is 8.91. The average molecular weight is 410 g/mol. The highest BCUT2D eigenvalue weighted by molar-refractivity contribution is 7.98. The van der Waals surface area contributed by atoms with Crippen LogP contribution in [-0.4, -0.2) is 39.0 Å². The van der Waals surface area contributed by atoms with Crippen LogP contribution >= 0.6 is 11.8 Å². The van der Waals surface area contributed by atoms with Crippen molar-refractivity contribution in [1.29, 1.82) is 0 Å². The van der Waals surface area contributed by atoms with Gasteiger partial charge in [-0.1, -0.05) is 23.9 Å². The van der Waals surface area contributed by atoms with Crippen LogP contribution in [0.2, 0.25) is 0 Å². The summed E-state index contributed by atoms with van der Waals surface area (Å²) in [6, 6.07) is 14.3. The number of carbonyl (C=O) groups is 2. The first kappa shape index (κ1) is 20.6. The predicted molar refractivity (Wildman–Crippen MR) is 113 cm³/mol. The van der Waals surface area contributed by atoms with E-state index in [1.807, 2.05) is 42.9 Å². The molecule has 0 aliphatic carbocycles. The third-order valence-electron chi connectivity index (χ3n) is 4.28. The molecule has 29 heavy (non-hydrogen) atoms. The van der Waals surface area contributed by atoms with Crippen LogP contribution < -0.4 is 5.32 Å². The van der Waals surface area contributed by atoms with Gasteiger partial charge in [-0.25, -0.2) is 4.79 Å². The first-order valence-electron chi connectivity index (χ1n) is 9.04. The highest BCUT2D eigenvalue weighted by Crippen LogP contribution is 2.20. The van der Waals surface area contributed by atoms with Gasteiger partial charge in [-0.3, -0.25) is 9.36 Å². The number of hydrogen-bond donors (Lipinski definition) is 1. The summed E-state index contributed by atoms with van der Waals surface area (Å²) in [6.45, 7) is 5.35. The van der Waals surface area contributed by atoms with E-state index >= 15 is 0 Å². The monoisotopic (exact) mass is 410 g/mol. The van der Waals surface area contributed by atoms with E-state index in [2.05, 4.69) is 15.5 Å². The molecule has 0 aliphatic rings. The highest BCUT2D eigenvalue weighted by Gasteiger charge is 2.19. The number of amides is 1. The first-order valence-corrected chi connectivity index (χ1v) is 10.3. The lowest BCUT2D eigenvalue weighted by molar-refractivity contribution is -0.123. The van der Waals surface area contributed by atoms with Crippen molar-refractivity contribution >= 4 is 29.3 Å². The molecule has 3 rings (SSSR count). The molecule has 3 aromatic rings. The number of benzene rings is 2. The van der Waals surface area contributed by atoms with Gasteiger partial charge in [0.25, 0.3) is 5.91 Å². The third-order valence-corrected chi connectivity index (χ3v) is 4.91. The first-order chi connectivity index (χ1) is 13.9. The fourth-order valence-electron chi connectivity index (χ4n) is 2.77. The lowest BCUT2D eigenvalue weighted by atomic mass is 10.2. The number of esters is 1. The number of thioether (sulfide) groups is 1. The average Bonchev–Trinajstić information content (AvgIpc) is 3.08. The van der Waals surface area contributed by atoms with E-state index < -0.39 is 12.1 Å². The van der Waals surface area contributed by atoms with Crippen LogP contribution in [0.4, 0.5) is 5.69 Å². The molecule has 1 atom stereocenters. The van der Waals surface area contributed by atoms with Crippen LogP contribution in [0.1, 0.15) is 28.7 Å². The summed E-state index contributed by atoms with van der Waals surface area (Å²) in [5, 5.41) is 11.7. The number of anilines is 1. The molecule has 1 unspecified atom stereocenters. The quantitative estimate of drug-likeness (QED) is 0.491. The minimum Gasteiger partial charge on any atom is -0.449 e. The Morgan fingerprint density at radius 1 is 1.10 bits per heavy atom. The van der Waals surface area contributed by atoms with E-state index in [1.165, 1.54) is 11.8 Å². The Labute approximate surface area is 173 Å². The largest absolute Gasteiger partial charge is 0.449 e. The molecule has 0 bridgehead atoms. The molecule has 0 saturated carbocycles. The van der Waals surface area contributed by atoms with Gasteiger partial charge in [-0.2, -0.15) is 0 Å². The fourth-order valence-corrected chi connectivity index (χ4v) is 3.31. The highest BCUT2D eigenvalue weighted by atomic mass is 32.2. The molecule has 0 fully saturated rings. The number of aryl methyl sites for hydroxylation is 2. The minimum atomic E-state index is -0.925. The van der Waals surface area contributed by atoms with Crippen LogP contribution in [0.25, 0.3) is 5.69 Å². The molecule has 1 heterocycles. The summed E-state index contributed by atoms with van der Waals surface area (Å²) in [7, 11) is 0. The molecule has 0 saturated heterocycles. The predicted octanol–water partition coefficient (Wildman–Crippen LogP) is 3.79. The van der Waals surface area contributed by atoms with Crippen LogP contribution in [0.5, 0.6) is 0 Å². The number of aromatic nitrogens is 3. The standard InChI is InChI=1S/C21H22N4O3S/c1-13-6-5-7-17(12-13)22-19(26)14(2)28-20(27)16-8-10-18(11-9-16)25-15(3)23-24-21(25)29-4/h5-12,14H,1-4H3,(H,22,26). The van der Waals surface area contributed by atoms with Gasteiger partial charge in [-0.05, 0) is 69.0 Å². The summed E-state index contributed by atoms with van der Waals surface area (Å²) in [4.78, 5) is 24.7. The van der Waals surface area contributed by atoms with Crippen molar-refractivity contribution < 1.29 is 14.3 Å². The van der Waals surface area contributed by atoms with Crippen LogP contribution in [0.3, 0.4) is 0 Å². The molecule has 0 spiro atoms. The number of nitrogens with one attached hydrogen (secondary N) is 1. The van der Waals surface area contributed by atoms with Gasteiger partial charge >= 0.3 is 5.97 Å². The van der Waals surface area contributed by atoms with Crippen molar-refractivity contribution in [2.45, 2.75) is 32.0 Å². The molecular weight excluding hydrogens is 388 g/mol. The zero-order chi connectivity index (χ0) is 21.0. The van der Waals surface area contributed by atoms with Gasteiger partial charge in [-0.15, -0.1) is 10.2 Å². The van der Waals surface area contributed by atoms with Gasteiger partial charge in [0.05, 0.1) is 5.56 Å². The van der Waals surface area contributed by atoms with Crippen LogP contribution in [0, 0.1) is 13.8 Å². The Morgan fingerprint density at radius 2 is 1.83 bits per heavy atom. The van der Waals surface area contributed by atoms with Gasteiger partial charge in [0.15, 0.2) is 11.3 Å². The molecule has 8 heteroatoms. The van der Waals surface area contributed by atoms with E-state index in [-0.39, 0.29) is 5.91 Å². The molecule has 0 radical (unpaired) electrons. The molecular formula is C21H22N4O3S. The summed E-state index contributed by atoms with van der Waals surface area (Å²) < 4.78 is 7.21. The molecule has 1 N–H and O–H groups in total. The van der Waals surface area contributed by atoms with Gasteiger partial charge in [0.2, 0.25) is 0 Å². The molecule has 150 valence electrons. The number of ether oxygens (including phenoxy) is 1. The minimum absolute atomic E-state index is 0.361. The Balaban J connectivity index is 1.66. The zero-order valence-corrected chi connectivity index (χ0v) is 17.5. The summed E-state index contributed by atoms with van der Waals surface area (Å²) in [6.07, 6.45) is 1.00. The topological polar surface area (TPSA) is 86.1 Å². The third kappa shape index (κ3) is 4.83. The van der Waals surface area contributed by atoms with E-state index in [1.54, 1.807) is 37.3 Å². The summed E-state index contributed by atoms with van der Waals surface area (Å²) >= 11 is 1.49. The van der Waals surface area contributed by atoms with Crippen molar-refractivity contribution in [3.63, 3.8) is 0 Å². The summed E-state index contributed by atoms with van der Waals surface area (Å²) in [5.74, 6) is -0.189.